The predicted molar refractivity (Wildman–Crippen MR) is 118 cm³/mol. The maximum atomic E-state index is 9.53. The molecule has 4 heteroatoms. The third-order valence-electron chi connectivity index (χ3n) is 6.63. The molecule has 2 aliphatic rings. The number of rotatable bonds is 7. The summed E-state index contributed by atoms with van der Waals surface area (Å²) < 4.78 is 0. The van der Waals surface area contributed by atoms with Gasteiger partial charge in [0.1, 0.15) is 0 Å². The third kappa shape index (κ3) is 4.79. The number of pyridine rings is 1. The lowest BCUT2D eigenvalue weighted by Gasteiger charge is -2.26. The van der Waals surface area contributed by atoms with Crippen LogP contribution in [0.5, 0.6) is 0 Å². The van der Waals surface area contributed by atoms with Gasteiger partial charge in [0.2, 0.25) is 0 Å². The SMILES string of the molecule is N[C@]1(CO)CC[C@H](c2ccc3c(c2)CCC(CSCCc2ccncc2)C3)C1. The average Bonchev–Trinajstić information content (AvgIpc) is 3.14. The first-order valence-electron chi connectivity index (χ1n) is 10.6. The molecule has 4 rings (SSSR count). The number of benzene rings is 1. The van der Waals surface area contributed by atoms with Crippen LogP contribution in [-0.2, 0) is 19.3 Å². The van der Waals surface area contributed by atoms with Gasteiger partial charge < -0.3 is 10.8 Å². The summed E-state index contributed by atoms with van der Waals surface area (Å²) >= 11 is 2.10. The number of hydrogen-bond acceptors (Lipinski definition) is 4. The first kappa shape index (κ1) is 19.9. The Hall–Kier alpha value is -1.36. The standard InChI is InChI=1S/C24H32N2OS/c25-24(17-27)9-5-23(15-24)22-4-3-20-13-19(1-2-21(20)14-22)16-28-12-8-18-6-10-26-11-7-18/h3-4,6-7,10-11,14,19,23,27H,1-2,5,8-9,12-13,15-17,25H2/t19?,23-,24+/m0/s1. The molecular weight excluding hydrogens is 364 g/mol. The largest absolute Gasteiger partial charge is 0.394 e. The smallest absolute Gasteiger partial charge is 0.0611 e. The zero-order valence-electron chi connectivity index (χ0n) is 16.6. The minimum absolute atomic E-state index is 0.106. The van der Waals surface area contributed by atoms with Crippen molar-refractivity contribution in [1.29, 1.82) is 0 Å². The van der Waals surface area contributed by atoms with E-state index >= 15 is 0 Å². The fraction of sp³-hybridized carbons (Fsp3) is 0.542. The van der Waals surface area contributed by atoms with Gasteiger partial charge in [-0.1, -0.05) is 18.2 Å². The molecule has 3 N–H and O–H groups in total. The molecule has 0 amide bonds. The Morgan fingerprint density at radius 2 is 2.00 bits per heavy atom. The second kappa shape index (κ2) is 8.98. The van der Waals surface area contributed by atoms with Crippen molar-refractivity contribution in [2.75, 3.05) is 18.1 Å². The van der Waals surface area contributed by atoms with Gasteiger partial charge in [-0.05, 0) is 103 Å². The minimum Gasteiger partial charge on any atom is -0.394 e. The summed E-state index contributed by atoms with van der Waals surface area (Å²) in [5, 5.41) is 9.53. The fourth-order valence-electron chi connectivity index (χ4n) is 4.82. The zero-order valence-corrected chi connectivity index (χ0v) is 17.5. The van der Waals surface area contributed by atoms with Crippen molar-refractivity contribution in [3.63, 3.8) is 0 Å². The van der Waals surface area contributed by atoms with E-state index in [1.807, 2.05) is 12.4 Å². The van der Waals surface area contributed by atoms with Gasteiger partial charge in [-0.25, -0.2) is 0 Å². The van der Waals surface area contributed by atoms with Crippen LogP contribution in [0.25, 0.3) is 0 Å². The number of aliphatic hydroxyl groups excluding tert-OH is 1. The second-order valence-corrected chi connectivity index (χ2v) is 9.93. The van der Waals surface area contributed by atoms with E-state index in [0.717, 1.165) is 31.6 Å². The monoisotopic (exact) mass is 396 g/mol. The number of aliphatic hydroxyl groups is 1. The van der Waals surface area contributed by atoms with Gasteiger partial charge in [-0.3, -0.25) is 4.98 Å². The van der Waals surface area contributed by atoms with Crippen LogP contribution in [0.3, 0.4) is 0 Å². The summed E-state index contributed by atoms with van der Waals surface area (Å²) in [4.78, 5) is 4.09. The molecule has 2 aliphatic carbocycles. The van der Waals surface area contributed by atoms with Crippen LogP contribution in [0.1, 0.15) is 53.9 Å². The van der Waals surface area contributed by atoms with Crippen molar-refractivity contribution >= 4 is 11.8 Å². The van der Waals surface area contributed by atoms with E-state index in [-0.39, 0.29) is 12.1 Å². The summed E-state index contributed by atoms with van der Waals surface area (Å²) in [6, 6.07) is 11.4. The molecule has 0 saturated heterocycles. The molecule has 2 aromatic rings. The van der Waals surface area contributed by atoms with Crippen LogP contribution in [0.2, 0.25) is 0 Å². The highest BCUT2D eigenvalue weighted by Crippen LogP contribution is 2.40. The molecule has 3 nitrogen and oxygen atoms in total. The molecule has 1 saturated carbocycles. The fourth-order valence-corrected chi connectivity index (χ4v) is 5.99. The normalized spacial score (nSPS) is 26.9. The van der Waals surface area contributed by atoms with E-state index in [1.54, 1.807) is 11.1 Å². The number of aromatic nitrogens is 1. The maximum absolute atomic E-state index is 9.53. The van der Waals surface area contributed by atoms with Crippen molar-refractivity contribution in [3.05, 3.63) is 65.0 Å². The van der Waals surface area contributed by atoms with E-state index in [9.17, 15) is 5.11 Å². The Kier molecular flexibility index (Phi) is 6.39. The van der Waals surface area contributed by atoms with Crippen molar-refractivity contribution in [2.45, 2.75) is 56.4 Å². The molecule has 1 unspecified atom stereocenters. The Morgan fingerprint density at radius 1 is 1.14 bits per heavy atom. The molecule has 3 atom stereocenters. The number of fused-ring (bicyclic) bond motifs is 1. The van der Waals surface area contributed by atoms with E-state index < -0.39 is 0 Å². The number of nitrogens with zero attached hydrogens (tertiary/aromatic N) is 1. The van der Waals surface area contributed by atoms with Crippen LogP contribution in [-0.4, -0.2) is 33.7 Å². The van der Waals surface area contributed by atoms with Gasteiger partial charge >= 0.3 is 0 Å². The quantitative estimate of drug-likeness (QED) is 0.691. The average molecular weight is 397 g/mol. The molecule has 1 aromatic carbocycles. The Bertz CT molecular complexity index is 781. The van der Waals surface area contributed by atoms with Crippen LogP contribution in [0.15, 0.2) is 42.7 Å². The first-order chi connectivity index (χ1) is 13.6. The van der Waals surface area contributed by atoms with E-state index in [0.29, 0.717) is 5.92 Å². The molecule has 0 aliphatic heterocycles. The molecule has 1 fully saturated rings. The highest BCUT2D eigenvalue weighted by molar-refractivity contribution is 7.99. The van der Waals surface area contributed by atoms with Crippen molar-refractivity contribution in [1.82, 2.24) is 4.98 Å². The van der Waals surface area contributed by atoms with Crippen LogP contribution >= 0.6 is 11.8 Å². The van der Waals surface area contributed by atoms with E-state index in [1.165, 1.54) is 41.9 Å². The molecule has 28 heavy (non-hydrogen) atoms. The highest BCUT2D eigenvalue weighted by atomic mass is 32.2. The predicted octanol–water partition coefficient (Wildman–Crippen LogP) is 4.12. The lowest BCUT2D eigenvalue weighted by molar-refractivity contribution is 0.198. The van der Waals surface area contributed by atoms with Gasteiger partial charge in [0.25, 0.3) is 0 Å². The van der Waals surface area contributed by atoms with Crippen molar-refractivity contribution < 1.29 is 5.11 Å². The maximum Gasteiger partial charge on any atom is 0.0611 e. The molecule has 1 heterocycles. The van der Waals surface area contributed by atoms with Gasteiger partial charge in [0, 0.05) is 17.9 Å². The second-order valence-electron chi connectivity index (χ2n) is 8.78. The van der Waals surface area contributed by atoms with Crippen LogP contribution < -0.4 is 5.73 Å². The molecule has 0 spiro atoms. The molecule has 150 valence electrons. The zero-order chi connectivity index (χ0) is 19.4. The van der Waals surface area contributed by atoms with Gasteiger partial charge in [0.05, 0.1) is 6.61 Å². The van der Waals surface area contributed by atoms with Crippen LogP contribution in [0, 0.1) is 5.92 Å². The van der Waals surface area contributed by atoms with Gasteiger partial charge in [-0.15, -0.1) is 0 Å². The molecule has 0 bridgehead atoms. The summed E-state index contributed by atoms with van der Waals surface area (Å²) in [7, 11) is 0. The minimum atomic E-state index is -0.362. The number of hydrogen-bond donors (Lipinski definition) is 2. The molecule has 1 aromatic heterocycles. The third-order valence-corrected chi connectivity index (χ3v) is 7.83. The lowest BCUT2D eigenvalue weighted by atomic mass is 9.82. The summed E-state index contributed by atoms with van der Waals surface area (Å²) in [6.07, 6.45) is 11.6. The highest BCUT2D eigenvalue weighted by Gasteiger charge is 2.36. The number of aryl methyl sites for hydroxylation is 2. The summed E-state index contributed by atoms with van der Waals surface area (Å²) in [5.41, 5.74) is 11.8. The van der Waals surface area contributed by atoms with Crippen LogP contribution in [0.4, 0.5) is 0 Å². The summed E-state index contributed by atoms with van der Waals surface area (Å²) in [6.45, 7) is 0.106. The topological polar surface area (TPSA) is 59.1 Å². The van der Waals surface area contributed by atoms with Crippen molar-refractivity contribution in [2.24, 2.45) is 11.7 Å². The van der Waals surface area contributed by atoms with Gasteiger partial charge in [-0.2, -0.15) is 11.8 Å². The summed E-state index contributed by atoms with van der Waals surface area (Å²) in [5.74, 6) is 3.78. The van der Waals surface area contributed by atoms with Gasteiger partial charge in [0.15, 0.2) is 0 Å². The number of thioether (sulfide) groups is 1. The molecule has 0 radical (unpaired) electrons. The Morgan fingerprint density at radius 3 is 2.79 bits per heavy atom. The van der Waals surface area contributed by atoms with Crippen molar-refractivity contribution in [3.8, 4) is 0 Å². The van der Waals surface area contributed by atoms with E-state index in [2.05, 4.69) is 47.1 Å². The first-order valence-corrected chi connectivity index (χ1v) is 11.8. The number of nitrogens with two attached hydrogens (primary N) is 1. The molecular formula is C24H32N2OS. The Balaban J connectivity index is 1.27. The van der Waals surface area contributed by atoms with E-state index in [4.69, 9.17) is 5.73 Å². The lowest BCUT2D eigenvalue weighted by Crippen LogP contribution is -2.40. The Labute approximate surface area is 173 Å².